The molecule has 0 radical (unpaired) electrons. The second-order valence-corrected chi connectivity index (χ2v) is 5.22. The molecule has 0 spiro atoms. The molecule has 4 heteroatoms. The predicted molar refractivity (Wildman–Crippen MR) is 62.9 cm³/mol. The van der Waals surface area contributed by atoms with E-state index < -0.39 is 11.6 Å². The fourth-order valence-electron chi connectivity index (χ4n) is 1.46. The Kier molecular flexibility index (Phi) is 2.46. The molecular weight excluding hydrogens is 227 g/mol. The zero-order chi connectivity index (χ0) is 11.9. The van der Waals surface area contributed by atoms with Crippen molar-refractivity contribution < 1.29 is 14.3 Å². The molecule has 0 saturated carbocycles. The maximum absolute atomic E-state index is 13.7. The summed E-state index contributed by atoms with van der Waals surface area (Å²) >= 11 is 1.30. The molecule has 2 nitrogen and oxygen atoms in total. The summed E-state index contributed by atoms with van der Waals surface area (Å²) in [5.74, 6) is -0.962. The highest BCUT2D eigenvalue weighted by atomic mass is 32.1. The van der Waals surface area contributed by atoms with Gasteiger partial charge in [-0.25, -0.2) is 9.18 Å². The van der Waals surface area contributed by atoms with Crippen LogP contribution in [0.4, 0.5) is 4.39 Å². The van der Waals surface area contributed by atoms with E-state index in [4.69, 9.17) is 5.11 Å². The lowest BCUT2D eigenvalue weighted by Crippen LogP contribution is -2.05. The van der Waals surface area contributed by atoms with Gasteiger partial charge in [0.25, 0.3) is 0 Å². The number of carboxylic acids is 1. The van der Waals surface area contributed by atoms with E-state index in [0.717, 1.165) is 10.1 Å². The third-order valence-electron chi connectivity index (χ3n) is 2.35. The quantitative estimate of drug-likeness (QED) is 0.863. The molecule has 84 valence electrons. The van der Waals surface area contributed by atoms with Crippen LogP contribution in [0, 0.1) is 0 Å². The SMILES string of the molecule is CC(C)(F)c1cc2ccc(C(=O)O)cc2s1. The van der Waals surface area contributed by atoms with Crippen molar-refractivity contribution in [1.29, 1.82) is 0 Å². The highest BCUT2D eigenvalue weighted by Gasteiger charge is 2.21. The lowest BCUT2D eigenvalue weighted by atomic mass is 10.1. The Morgan fingerprint density at radius 2 is 2.06 bits per heavy atom. The van der Waals surface area contributed by atoms with Crippen LogP contribution in [0.2, 0.25) is 0 Å². The van der Waals surface area contributed by atoms with Crippen LogP contribution in [-0.4, -0.2) is 11.1 Å². The normalized spacial score (nSPS) is 11.9. The topological polar surface area (TPSA) is 37.3 Å². The summed E-state index contributed by atoms with van der Waals surface area (Å²) in [7, 11) is 0. The predicted octanol–water partition coefficient (Wildman–Crippen LogP) is 3.80. The molecule has 0 unspecified atom stereocenters. The van der Waals surface area contributed by atoms with Crippen molar-refractivity contribution in [1.82, 2.24) is 0 Å². The Morgan fingerprint density at radius 3 is 2.62 bits per heavy atom. The van der Waals surface area contributed by atoms with Crippen molar-refractivity contribution in [2.75, 3.05) is 0 Å². The second kappa shape index (κ2) is 3.56. The van der Waals surface area contributed by atoms with E-state index >= 15 is 0 Å². The van der Waals surface area contributed by atoms with Gasteiger partial charge in [-0.2, -0.15) is 0 Å². The Morgan fingerprint density at radius 1 is 1.38 bits per heavy atom. The molecule has 2 aromatic rings. The van der Waals surface area contributed by atoms with Crippen molar-refractivity contribution >= 4 is 27.4 Å². The van der Waals surface area contributed by atoms with E-state index in [1.807, 2.05) is 0 Å². The molecule has 0 bridgehead atoms. The fourth-order valence-corrected chi connectivity index (χ4v) is 2.55. The van der Waals surface area contributed by atoms with Gasteiger partial charge in [0, 0.05) is 9.58 Å². The number of aromatic carboxylic acids is 1. The largest absolute Gasteiger partial charge is 0.478 e. The van der Waals surface area contributed by atoms with Crippen LogP contribution in [0.5, 0.6) is 0 Å². The van der Waals surface area contributed by atoms with Crippen LogP contribution in [0.15, 0.2) is 24.3 Å². The van der Waals surface area contributed by atoms with E-state index in [-0.39, 0.29) is 5.56 Å². The number of hydrogen-bond acceptors (Lipinski definition) is 2. The molecule has 0 aliphatic rings. The number of fused-ring (bicyclic) bond motifs is 1. The van der Waals surface area contributed by atoms with Crippen molar-refractivity contribution in [2.45, 2.75) is 19.5 Å². The van der Waals surface area contributed by atoms with Gasteiger partial charge in [0.15, 0.2) is 0 Å². The summed E-state index contributed by atoms with van der Waals surface area (Å²) in [4.78, 5) is 11.4. The Bertz CT molecular complexity index is 552. The summed E-state index contributed by atoms with van der Waals surface area (Å²) in [6.07, 6.45) is 0. The zero-order valence-corrected chi connectivity index (χ0v) is 9.77. The van der Waals surface area contributed by atoms with Gasteiger partial charge in [-0.15, -0.1) is 11.3 Å². The molecule has 16 heavy (non-hydrogen) atoms. The maximum Gasteiger partial charge on any atom is 0.335 e. The van der Waals surface area contributed by atoms with Crippen LogP contribution in [0.25, 0.3) is 10.1 Å². The van der Waals surface area contributed by atoms with E-state index in [9.17, 15) is 9.18 Å². The van der Waals surface area contributed by atoms with Crippen molar-refractivity contribution in [2.24, 2.45) is 0 Å². The van der Waals surface area contributed by atoms with Gasteiger partial charge in [-0.05, 0) is 37.4 Å². The molecule has 1 heterocycles. The summed E-state index contributed by atoms with van der Waals surface area (Å²) in [6.45, 7) is 2.99. The number of halogens is 1. The van der Waals surface area contributed by atoms with Crippen LogP contribution >= 0.6 is 11.3 Å². The highest BCUT2D eigenvalue weighted by Crippen LogP contribution is 2.35. The molecule has 0 saturated heterocycles. The van der Waals surface area contributed by atoms with Gasteiger partial charge in [0.1, 0.15) is 5.67 Å². The number of benzene rings is 1. The molecule has 0 fully saturated rings. The van der Waals surface area contributed by atoms with Crippen molar-refractivity contribution in [3.63, 3.8) is 0 Å². The molecule has 0 atom stereocenters. The van der Waals surface area contributed by atoms with Crippen LogP contribution < -0.4 is 0 Å². The number of thiophene rings is 1. The first kappa shape index (κ1) is 11.1. The maximum atomic E-state index is 13.7. The number of alkyl halides is 1. The Hall–Kier alpha value is -1.42. The first-order chi connectivity index (χ1) is 7.38. The molecule has 0 amide bonds. The molecule has 0 aliphatic heterocycles. The van der Waals surface area contributed by atoms with Gasteiger partial charge in [-0.3, -0.25) is 0 Å². The summed E-state index contributed by atoms with van der Waals surface area (Å²) in [6, 6.07) is 6.60. The lowest BCUT2D eigenvalue weighted by molar-refractivity contribution is 0.0697. The van der Waals surface area contributed by atoms with Crippen molar-refractivity contribution in [3.8, 4) is 0 Å². The highest BCUT2D eigenvalue weighted by molar-refractivity contribution is 7.19. The summed E-state index contributed by atoms with van der Waals surface area (Å²) in [5, 5.41) is 9.73. The van der Waals surface area contributed by atoms with Gasteiger partial charge in [0.2, 0.25) is 0 Å². The minimum absolute atomic E-state index is 0.234. The summed E-state index contributed by atoms with van der Waals surface area (Å²) in [5.41, 5.74) is -1.15. The molecular formula is C12H11FO2S. The first-order valence-electron chi connectivity index (χ1n) is 4.84. The van der Waals surface area contributed by atoms with Gasteiger partial charge in [-0.1, -0.05) is 6.07 Å². The standard InChI is InChI=1S/C12H11FO2S/c1-12(2,13)10-6-7-3-4-8(11(14)15)5-9(7)16-10/h3-6H,1-2H3,(H,14,15). The molecule has 1 N–H and O–H groups in total. The van der Waals surface area contributed by atoms with E-state index in [1.54, 1.807) is 18.2 Å². The minimum atomic E-state index is -1.38. The third-order valence-corrected chi connectivity index (χ3v) is 3.75. The van der Waals surface area contributed by atoms with E-state index in [2.05, 4.69) is 0 Å². The van der Waals surface area contributed by atoms with Gasteiger partial charge >= 0.3 is 5.97 Å². The minimum Gasteiger partial charge on any atom is -0.478 e. The number of hydrogen-bond donors (Lipinski definition) is 1. The van der Waals surface area contributed by atoms with Gasteiger partial charge in [0.05, 0.1) is 5.56 Å². The Labute approximate surface area is 96.3 Å². The van der Waals surface area contributed by atoms with Crippen LogP contribution in [0.3, 0.4) is 0 Å². The Balaban J connectivity index is 2.59. The van der Waals surface area contributed by atoms with Gasteiger partial charge < -0.3 is 5.11 Å². The third kappa shape index (κ3) is 1.93. The zero-order valence-electron chi connectivity index (χ0n) is 8.95. The number of carbonyl (C=O) groups is 1. The number of carboxylic acid groups (broad SMARTS) is 1. The van der Waals surface area contributed by atoms with Crippen molar-refractivity contribution in [3.05, 3.63) is 34.7 Å². The molecule has 0 aliphatic carbocycles. The van der Waals surface area contributed by atoms with E-state index in [1.165, 1.54) is 31.3 Å². The number of rotatable bonds is 2. The fraction of sp³-hybridized carbons (Fsp3) is 0.250. The first-order valence-corrected chi connectivity index (χ1v) is 5.66. The molecule has 2 rings (SSSR count). The average molecular weight is 238 g/mol. The summed E-state index contributed by atoms with van der Waals surface area (Å²) < 4.78 is 14.5. The van der Waals surface area contributed by atoms with Crippen LogP contribution in [0.1, 0.15) is 29.1 Å². The van der Waals surface area contributed by atoms with E-state index in [0.29, 0.717) is 4.88 Å². The smallest absolute Gasteiger partial charge is 0.335 e. The molecule has 1 aromatic heterocycles. The molecule has 1 aromatic carbocycles. The lowest BCUT2D eigenvalue weighted by Gasteiger charge is -2.09. The second-order valence-electron chi connectivity index (χ2n) is 4.14. The van der Waals surface area contributed by atoms with Crippen LogP contribution in [-0.2, 0) is 5.67 Å². The average Bonchev–Trinajstić information content (AvgIpc) is 2.58. The monoisotopic (exact) mass is 238 g/mol.